The number of nitrogens with zero attached hydrogens (tertiary/aromatic N) is 4. The van der Waals surface area contributed by atoms with Crippen molar-refractivity contribution >= 4 is 40.6 Å². The number of hydrogen-bond acceptors (Lipinski definition) is 5. The molecule has 0 aliphatic carbocycles. The molecule has 1 unspecified atom stereocenters. The highest BCUT2D eigenvalue weighted by molar-refractivity contribution is 8.13. The van der Waals surface area contributed by atoms with Crippen molar-refractivity contribution < 1.29 is 23.3 Å². The number of benzene rings is 1. The SMILES string of the molecule is CN1C(=O)C2N=C(SCC(=O)NCc3ccc(F)cc3)[N+](C)=C2N(C)C1=O. The van der Waals surface area contributed by atoms with Crippen molar-refractivity contribution in [2.24, 2.45) is 4.99 Å². The fourth-order valence-corrected chi connectivity index (χ4v) is 3.66. The first-order valence-electron chi connectivity index (χ1n) is 8.17. The molecule has 27 heavy (non-hydrogen) atoms. The van der Waals surface area contributed by atoms with Crippen LogP contribution in [0.3, 0.4) is 0 Å². The summed E-state index contributed by atoms with van der Waals surface area (Å²) in [7, 11) is 4.71. The maximum Gasteiger partial charge on any atom is 0.388 e. The molecule has 0 spiro atoms. The van der Waals surface area contributed by atoms with Crippen LogP contribution in [0.15, 0.2) is 29.3 Å². The zero-order valence-corrected chi connectivity index (χ0v) is 15.9. The van der Waals surface area contributed by atoms with Crippen LogP contribution in [-0.4, -0.2) is 76.2 Å². The lowest BCUT2D eigenvalue weighted by atomic mass is 10.2. The van der Waals surface area contributed by atoms with E-state index in [1.165, 1.54) is 35.8 Å². The molecule has 1 N–H and O–H groups in total. The van der Waals surface area contributed by atoms with Crippen LogP contribution in [0.25, 0.3) is 0 Å². The van der Waals surface area contributed by atoms with E-state index in [1.807, 2.05) is 0 Å². The van der Waals surface area contributed by atoms with Gasteiger partial charge in [0.05, 0.1) is 19.8 Å². The second-order valence-corrected chi connectivity index (χ2v) is 7.10. The van der Waals surface area contributed by atoms with Gasteiger partial charge in [-0.15, -0.1) is 4.99 Å². The second kappa shape index (κ2) is 7.47. The molecule has 0 bridgehead atoms. The largest absolute Gasteiger partial charge is 0.388 e. The molecule has 1 aromatic rings. The average molecular weight is 392 g/mol. The number of urea groups is 1. The summed E-state index contributed by atoms with van der Waals surface area (Å²) in [6.45, 7) is 0.294. The normalized spacial score (nSPS) is 19.4. The van der Waals surface area contributed by atoms with Gasteiger partial charge in [-0.05, 0) is 29.5 Å². The molecule has 2 aliphatic heterocycles. The fourth-order valence-electron chi connectivity index (χ4n) is 2.83. The van der Waals surface area contributed by atoms with Gasteiger partial charge in [-0.1, -0.05) is 12.1 Å². The summed E-state index contributed by atoms with van der Waals surface area (Å²) in [6.07, 6.45) is 0. The van der Waals surface area contributed by atoms with Gasteiger partial charge >= 0.3 is 6.03 Å². The molecular formula is C17H19FN5O3S+. The topological polar surface area (TPSA) is 85.1 Å². The van der Waals surface area contributed by atoms with Crippen LogP contribution in [0.5, 0.6) is 0 Å². The maximum absolute atomic E-state index is 12.9. The molecule has 0 aromatic heterocycles. The van der Waals surface area contributed by atoms with E-state index in [2.05, 4.69) is 10.3 Å². The van der Waals surface area contributed by atoms with E-state index in [0.717, 1.165) is 10.5 Å². The van der Waals surface area contributed by atoms with Gasteiger partial charge in [0.15, 0.2) is 0 Å². The third-order valence-corrected chi connectivity index (χ3v) is 5.38. The molecular weight excluding hydrogens is 373 g/mol. The molecule has 10 heteroatoms. The summed E-state index contributed by atoms with van der Waals surface area (Å²) < 4.78 is 14.5. The third kappa shape index (κ3) is 3.70. The van der Waals surface area contributed by atoms with E-state index in [-0.39, 0.29) is 17.5 Å². The van der Waals surface area contributed by atoms with Gasteiger partial charge in [0.25, 0.3) is 23.0 Å². The Morgan fingerprint density at radius 3 is 2.59 bits per heavy atom. The molecule has 8 nitrogen and oxygen atoms in total. The van der Waals surface area contributed by atoms with Gasteiger partial charge in [0, 0.05) is 13.6 Å². The zero-order chi connectivity index (χ0) is 19.7. The Kier molecular flexibility index (Phi) is 5.26. The molecule has 2 aliphatic rings. The molecule has 1 saturated heterocycles. The summed E-state index contributed by atoms with van der Waals surface area (Å²) >= 11 is 1.18. The second-order valence-electron chi connectivity index (χ2n) is 6.16. The van der Waals surface area contributed by atoms with E-state index in [4.69, 9.17) is 0 Å². The smallest absolute Gasteiger partial charge is 0.351 e. The summed E-state index contributed by atoms with van der Waals surface area (Å²) in [4.78, 5) is 43.2. The van der Waals surface area contributed by atoms with Crippen LogP contribution in [0.1, 0.15) is 5.56 Å². The summed E-state index contributed by atoms with van der Waals surface area (Å²) in [5.74, 6) is -0.348. The van der Waals surface area contributed by atoms with Crippen molar-refractivity contribution in [3.63, 3.8) is 0 Å². The molecule has 1 fully saturated rings. The summed E-state index contributed by atoms with van der Waals surface area (Å²) in [5.41, 5.74) is 0.792. The predicted octanol–water partition coefficient (Wildman–Crippen LogP) is 0.478. The number of carbonyl (C=O) groups excluding carboxylic acids is 3. The highest BCUT2D eigenvalue weighted by Crippen LogP contribution is 2.21. The molecule has 142 valence electrons. The van der Waals surface area contributed by atoms with Crippen molar-refractivity contribution in [3.05, 3.63) is 35.6 Å². The highest BCUT2D eigenvalue weighted by Gasteiger charge is 2.51. The van der Waals surface area contributed by atoms with E-state index < -0.39 is 18.0 Å². The zero-order valence-electron chi connectivity index (χ0n) is 15.1. The first kappa shape index (κ1) is 19.0. The number of rotatable bonds is 4. The lowest BCUT2D eigenvalue weighted by molar-refractivity contribution is -0.367. The number of thioether (sulfide) groups is 1. The van der Waals surface area contributed by atoms with Gasteiger partial charge in [-0.2, -0.15) is 0 Å². The van der Waals surface area contributed by atoms with Gasteiger partial charge in [0.2, 0.25) is 5.91 Å². The van der Waals surface area contributed by atoms with Gasteiger partial charge in [-0.3, -0.25) is 14.5 Å². The third-order valence-electron chi connectivity index (χ3n) is 4.33. The van der Waals surface area contributed by atoms with Crippen molar-refractivity contribution in [3.8, 4) is 0 Å². The van der Waals surface area contributed by atoms with Crippen LogP contribution in [0, 0.1) is 5.82 Å². The first-order valence-corrected chi connectivity index (χ1v) is 9.15. The number of carbonyl (C=O) groups is 3. The van der Waals surface area contributed by atoms with Crippen LogP contribution >= 0.6 is 11.8 Å². The first-order chi connectivity index (χ1) is 12.8. The van der Waals surface area contributed by atoms with Crippen LogP contribution < -0.4 is 5.32 Å². The molecule has 0 saturated carbocycles. The maximum atomic E-state index is 12.9. The van der Waals surface area contributed by atoms with Gasteiger partial charge in [-0.25, -0.2) is 18.7 Å². The Morgan fingerprint density at radius 1 is 1.26 bits per heavy atom. The number of aliphatic imine (C=N–C) groups is 1. The molecule has 1 atom stereocenters. The lowest BCUT2D eigenvalue weighted by Gasteiger charge is -2.27. The number of likely N-dealkylation sites (N-methyl/N-ethyl adjacent to an activating group) is 2. The number of imide groups is 1. The van der Waals surface area contributed by atoms with E-state index in [1.54, 1.807) is 30.8 Å². The minimum Gasteiger partial charge on any atom is -0.351 e. The molecule has 2 heterocycles. The Bertz CT molecular complexity index is 868. The minimum absolute atomic E-state index is 0.103. The van der Waals surface area contributed by atoms with E-state index in [0.29, 0.717) is 17.5 Å². The molecule has 0 radical (unpaired) electrons. The Morgan fingerprint density at radius 2 is 1.93 bits per heavy atom. The lowest BCUT2D eigenvalue weighted by Crippen LogP contribution is -2.59. The number of fused-ring (bicyclic) bond motifs is 1. The fraction of sp³-hybridized carbons (Fsp3) is 0.353. The Labute approximate surface area is 159 Å². The number of amides is 4. The van der Waals surface area contributed by atoms with E-state index in [9.17, 15) is 18.8 Å². The summed E-state index contributed by atoms with van der Waals surface area (Å²) in [5, 5.41) is 3.24. The Balaban J connectivity index is 1.60. The predicted molar refractivity (Wildman–Crippen MR) is 99.0 cm³/mol. The van der Waals surface area contributed by atoms with Crippen LogP contribution in [-0.2, 0) is 16.1 Å². The average Bonchev–Trinajstić information content (AvgIpc) is 2.99. The molecule has 4 amide bonds. The summed E-state index contributed by atoms with van der Waals surface area (Å²) in [6, 6.07) is 4.69. The number of halogens is 1. The van der Waals surface area contributed by atoms with Gasteiger partial charge < -0.3 is 5.32 Å². The van der Waals surface area contributed by atoms with Crippen molar-refractivity contribution in [1.82, 2.24) is 15.1 Å². The van der Waals surface area contributed by atoms with Crippen LogP contribution in [0.2, 0.25) is 0 Å². The monoisotopic (exact) mass is 392 g/mol. The van der Waals surface area contributed by atoms with Crippen molar-refractivity contribution in [2.45, 2.75) is 12.6 Å². The highest BCUT2D eigenvalue weighted by atomic mass is 32.2. The standard InChI is InChI=1S/C17H18FN5O3S/c1-21-14-13(15(25)23(3)17(26)22(14)2)20-16(21)27-9-12(24)19-8-10-4-6-11(18)7-5-10/h4-7,13H,8-9H2,1-3H3/p+1. The van der Waals surface area contributed by atoms with Crippen molar-refractivity contribution in [1.29, 1.82) is 0 Å². The molecule has 3 rings (SSSR count). The molecule has 1 aromatic carbocycles. The Hall–Kier alpha value is -2.75. The number of nitrogens with one attached hydrogen (secondary N) is 1. The van der Waals surface area contributed by atoms with Crippen LogP contribution in [0.4, 0.5) is 9.18 Å². The minimum atomic E-state index is -0.771. The van der Waals surface area contributed by atoms with E-state index >= 15 is 0 Å². The number of hydrogen-bond donors (Lipinski definition) is 1. The number of amidine groups is 2. The van der Waals surface area contributed by atoms with Crippen molar-refractivity contribution in [2.75, 3.05) is 26.9 Å². The van der Waals surface area contributed by atoms with Gasteiger partial charge in [0.1, 0.15) is 5.82 Å². The quantitative estimate of drug-likeness (QED) is 0.756.